The Morgan fingerprint density at radius 2 is 1.65 bits per heavy atom. The van der Waals surface area contributed by atoms with Crippen LogP contribution in [0.25, 0.3) is 0 Å². The van der Waals surface area contributed by atoms with E-state index in [1.54, 1.807) is 18.5 Å². The number of nitrogens with zero attached hydrogens (tertiary/aromatic N) is 2. The minimum absolute atomic E-state index is 0.0315. The summed E-state index contributed by atoms with van der Waals surface area (Å²) in [6.07, 6.45) is 1.51. The van der Waals surface area contributed by atoms with E-state index in [9.17, 15) is 8.42 Å². The van der Waals surface area contributed by atoms with Gasteiger partial charge >= 0.3 is 0 Å². The van der Waals surface area contributed by atoms with E-state index in [4.69, 9.17) is 0 Å². The van der Waals surface area contributed by atoms with E-state index >= 15 is 0 Å². The van der Waals surface area contributed by atoms with Crippen LogP contribution in [0.2, 0.25) is 0 Å². The molecule has 0 bridgehead atoms. The zero-order valence-electron chi connectivity index (χ0n) is 14.8. The fraction of sp³-hybridized carbons (Fsp3) is 0.211. The van der Waals surface area contributed by atoms with E-state index < -0.39 is 10.0 Å². The highest BCUT2D eigenvalue weighted by atomic mass is 32.2. The molecule has 6 nitrogen and oxygen atoms in total. The minimum Gasteiger partial charge on any atom is -0.377 e. The summed E-state index contributed by atoms with van der Waals surface area (Å²) in [5.74, 6) is 0.646. The van der Waals surface area contributed by atoms with Crippen molar-refractivity contribution in [1.29, 1.82) is 0 Å². The van der Waals surface area contributed by atoms with Crippen LogP contribution in [0.4, 0.5) is 5.69 Å². The first-order valence-corrected chi connectivity index (χ1v) is 9.80. The second-order valence-electron chi connectivity index (χ2n) is 6.06. The Balaban J connectivity index is 1.79. The highest BCUT2D eigenvalue weighted by molar-refractivity contribution is 7.89. The fourth-order valence-corrected chi connectivity index (χ4v) is 3.68. The summed E-state index contributed by atoms with van der Waals surface area (Å²) in [5.41, 5.74) is 1.92. The lowest BCUT2D eigenvalue weighted by molar-refractivity contribution is 0.572. The average Bonchev–Trinajstić information content (AvgIpc) is 3.00. The molecule has 1 aromatic heterocycles. The lowest BCUT2D eigenvalue weighted by atomic mass is 10.1. The highest BCUT2D eigenvalue weighted by Gasteiger charge is 2.21. The van der Waals surface area contributed by atoms with Crippen LogP contribution in [0.5, 0.6) is 0 Å². The third-order valence-electron chi connectivity index (χ3n) is 4.16. The van der Waals surface area contributed by atoms with E-state index in [1.165, 1.54) is 6.20 Å². The van der Waals surface area contributed by atoms with Crippen LogP contribution in [-0.2, 0) is 17.1 Å². The molecule has 7 heteroatoms. The Bertz CT molecular complexity index is 934. The maximum Gasteiger partial charge on any atom is 0.259 e. The number of anilines is 1. The van der Waals surface area contributed by atoms with Gasteiger partial charge in [-0.05, 0) is 24.6 Å². The summed E-state index contributed by atoms with van der Waals surface area (Å²) in [7, 11) is -1.91. The maximum absolute atomic E-state index is 12.6. The van der Waals surface area contributed by atoms with Crippen molar-refractivity contribution in [2.75, 3.05) is 11.9 Å². The summed E-state index contributed by atoms with van der Waals surface area (Å²) < 4.78 is 29.5. The van der Waals surface area contributed by atoms with Crippen molar-refractivity contribution in [3.63, 3.8) is 0 Å². The van der Waals surface area contributed by atoms with Gasteiger partial charge in [-0.15, -0.1) is 0 Å². The molecule has 136 valence electrons. The van der Waals surface area contributed by atoms with Crippen LogP contribution in [-0.4, -0.2) is 24.5 Å². The van der Waals surface area contributed by atoms with Gasteiger partial charge in [0.1, 0.15) is 5.82 Å². The summed E-state index contributed by atoms with van der Waals surface area (Å²) in [4.78, 5) is 4.11. The molecule has 1 atom stereocenters. The van der Waals surface area contributed by atoms with Crippen molar-refractivity contribution in [2.45, 2.75) is 18.0 Å². The standard InChI is InChI=1S/C19H22N4O2S/c1-15-21-19(14-23(15)2)26(24,25)20-13-18(16-9-5-3-6-10-16)22-17-11-7-4-8-12-17/h3-12,14,18,20,22H,13H2,1-2H3. The average molecular weight is 370 g/mol. The van der Waals surface area contributed by atoms with Gasteiger partial charge < -0.3 is 9.88 Å². The topological polar surface area (TPSA) is 76.0 Å². The summed E-state index contributed by atoms with van der Waals surface area (Å²) in [6.45, 7) is 1.97. The highest BCUT2D eigenvalue weighted by Crippen LogP contribution is 2.19. The van der Waals surface area contributed by atoms with Gasteiger partial charge in [0.15, 0.2) is 5.03 Å². The molecule has 3 rings (SSSR count). The molecule has 0 saturated carbocycles. The van der Waals surface area contributed by atoms with Crippen LogP contribution < -0.4 is 10.0 Å². The monoisotopic (exact) mass is 370 g/mol. The predicted molar refractivity (Wildman–Crippen MR) is 102 cm³/mol. The number of benzene rings is 2. The van der Waals surface area contributed by atoms with Gasteiger partial charge in [0.25, 0.3) is 10.0 Å². The van der Waals surface area contributed by atoms with E-state index in [2.05, 4.69) is 15.0 Å². The second-order valence-corrected chi connectivity index (χ2v) is 7.78. The third-order valence-corrected chi connectivity index (χ3v) is 5.45. The zero-order valence-corrected chi connectivity index (χ0v) is 15.6. The number of rotatable bonds is 7. The van der Waals surface area contributed by atoms with Crippen molar-refractivity contribution in [1.82, 2.24) is 14.3 Å². The van der Waals surface area contributed by atoms with Crippen molar-refractivity contribution < 1.29 is 8.42 Å². The molecule has 0 aliphatic heterocycles. The van der Waals surface area contributed by atoms with Gasteiger partial charge in [-0.2, -0.15) is 0 Å². The van der Waals surface area contributed by atoms with Crippen molar-refractivity contribution in [2.24, 2.45) is 7.05 Å². The second kappa shape index (κ2) is 7.72. The normalized spacial score (nSPS) is 12.7. The Hall–Kier alpha value is -2.64. The molecule has 0 radical (unpaired) electrons. The molecule has 1 unspecified atom stereocenters. The number of para-hydroxylation sites is 1. The van der Waals surface area contributed by atoms with Gasteiger partial charge in [0.05, 0.1) is 6.04 Å². The van der Waals surface area contributed by atoms with Crippen molar-refractivity contribution >= 4 is 15.7 Å². The molecule has 2 aromatic carbocycles. The summed E-state index contributed by atoms with van der Waals surface area (Å²) >= 11 is 0. The molecule has 0 saturated heterocycles. The van der Waals surface area contributed by atoms with Gasteiger partial charge in [-0.1, -0.05) is 48.5 Å². The smallest absolute Gasteiger partial charge is 0.259 e. The number of aromatic nitrogens is 2. The molecule has 2 N–H and O–H groups in total. The van der Waals surface area contributed by atoms with Crippen LogP contribution >= 0.6 is 0 Å². The van der Waals surface area contributed by atoms with Crippen LogP contribution in [0, 0.1) is 6.92 Å². The van der Waals surface area contributed by atoms with Gasteiger partial charge in [-0.3, -0.25) is 0 Å². The predicted octanol–water partition coefficient (Wildman–Crippen LogP) is 2.86. The number of hydrogen-bond donors (Lipinski definition) is 2. The lowest BCUT2D eigenvalue weighted by Crippen LogP contribution is -2.31. The third kappa shape index (κ3) is 4.30. The minimum atomic E-state index is -3.68. The van der Waals surface area contributed by atoms with Gasteiger partial charge in [-0.25, -0.2) is 18.1 Å². The molecule has 1 heterocycles. The molecule has 0 spiro atoms. The molecule has 0 amide bonds. The number of aryl methyl sites for hydroxylation is 2. The molecular formula is C19H22N4O2S. The number of sulfonamides is 1. The molecule has 0 aliphatic carbocycles. The summed E-state index contributed by atoms with van der Waals surface area (Å²) in [5, 5.41) is 3.41. The Morgan fingerprint density at radius 1 is 1.04 bits per heavy atom. The quantitative estimate of drug-likeness (QED) is 0.671. The lowest BCUT2D eigenvalue weighted by Gasteiger charge is -2.21. The van der Waals surface area contributed by atoms with Crippen LogP contribution in [0.15, 0.2) is 71.9 Å². The number of nitrogens with one attached hydrogen (secondary N) is 2. The maximum atomic E-state index is 12.6. The molecular weight excluding hydrogens is 348 g/mol. The zero-order chi connectivity index (χ0) is 18.6. The Labute approximate surface area is 154 Å². The fourth-order valence-electron chi connectivity index (χ4n) is 2.60. The van der Waals surface area contributed by atoms with Crippen molar-refractivity contribution in [3.8, 4) is 0 Å². The van der Waals surface area contributed by atoms with Gasteiger partial charge in [0, 0.05) is 25.5 Å². The van der Waals surface area contributed by atoms with Crippen LogP contribution in [0.1, 0.15) is 17.4 Å². The first-order valence-electron chi connectivity index (χ1n) is 8.32. The molecule has 0 aliphatic rings. The summed E-state index contributed by atoms with van der Waals surface area (Å²) in [6, 6.07) is 19.3. The van der Waals surface area contributed by atoms with E-state index in [1.807, 2.05) is 60.7 Å². The largest absolute Gasteiger partial charge is 0.377 e. The number of hydrogen-bond acceptors (Lipinski definition) is 4. The Kier molecular flexibility index (Phi) is 5.39. The number of imidazole rings is 1. The molecule has 3 aromatic rings. The van der Waals surface area contributed by atoms with E-state index in [0.29, 0.717) is 5.82 Å². The van der Waals surface area contributed by atoms with E-state index in [-0.39, 0.29) is 17.6 Å². The Morgan fingerprint density at radius 3 is 2.23 bits per heavy atom. The first kappa shape index (κ1) is 18.2. The molecule has 26 heavy (non-hydrogen) atoms. The molecule has 0 fully saturated rings. The first-order chi connectivity index (χ1) is 12.5. The van der Waals surface area contributed by atoms with Crippen LogP contribution in [0.3, 0.4) is 0 Å². The SMILES string of the molecule is Cc1nc(S(=O)(=O)NCC(Nc2ccccc2)c2ccccc2)cn1C. The van der Waals surface area contributed by atoms with E-state index in [0.717, 1.165) is 11.3 Å². The van der Waals surface area contributed by atoms with Crippen molar-refractivity contribution in [3.05, 3.63) is 78.2 Å². The van der Waals surface area contributed by atoms with Gasteiger partial charge in [0.2, 0.25) is 0 Å².